The van der Waals surface area contributed by atoms with Gasteiger partial charge in [0.1, 0.15) is 36.2 Å². The third-order valence-electron chi connectivity index (χ3n) is 8.66. The number of fused-ring (bicyclic) bond motifs is 1. The molecule has 0 bridgehead atoms. The minimum Gasteiger partial charge on any atom is -0.491 e. The fourth-order valence-corrected chi connectivity index (χ4v) is 7.23. The highest BCUT2D eigenvalue weighted by Crippen LogP contribution is 2.50. The standard InChI is InChI=1S/C37H48O7SSi/c1-36(2,3)46(7,8)44-23-22-41-30-17-15-29(16-18-30)40-21-9-10-34-33-20-19-32(43-27-39-6)24-35(33)45-25-37(34,4)28-11-13-31(14-12-28)42-26-38-5/h11-20,24,34H,21-23,25-27H2,1-8H3. The largest absolute Gasteiger partial charge is 0.491 e. The summed E-state index contributed by atoms with van der Waals surface area (Å²) in [7, 11) is 1.45. The highest BCUT2D eigenvalue weighted by atomic mass is 32.2. The predicted octanol–water partition coefficient (Wildman–Crippen LogP) is 8.28. The van der Waals surface area contributed by atoms with Crippen LogP contribution in [0.2, 0.25) is 18.1 Å². The van der Waals surface area contributed by atoms with Gasteiger partial charge in [-0.15, -0.1) is 11.8 Å². The highest BCUT2D eigenvalue weighted by molar-refractivity contribution is 7.99. The smallest absolute Gasteiger partial charge is 0.192 e. The molecule has 46 heavy (non-hydrogen) atoms. The Labute approximate surface area is 280 Å². The first-order valence-electron chi connectivity index (χ1n) is 15.6. The molecule has 0 radical (unpaired) electrons. The lowest BCUT2D eigenvalue weighted by atomic mass is 9.70. The van der Waals surface area contributed by atoms with E-state index in [0.717, 1.165) is 33.6 Å². The van der Waals surface area contributed by atoms with Crippen molar-refractivity contribution < 1.29 is 32.8 Å². The van der Waals surface area contributed by atoms with Crippen LogP contribution in [0.1, 0.15) is 44.7 Å². The summed E-state index contributed by atoms with van der Waals surface area (Å²) >= 11 is 1.82. The number of hydrogen-bond acceptors (Lipinski definition) is 8. The molecule has 3 aromatic carbocycles. The Hall–Kier alpha value is -3.13. The van der Waals surface area contributed by atoms with Gasteiger partial charge in [0.25, 0.3) is 0 Å². The molecule has 0 saturated carbocycles. The fraction of sp³-hybridized carbons (Fsp3) is 0.459. The van der Waals surface area contributed by atoms with E-state index in [1.807, 2.05) is 54.2 Å². The molecule has 2 atom stereocenters. The molecule has 0 N–H and O–H groups in total. The van der Waals surface area contributed by atoms with Gasteiger partial charge in [-0.3, -0.25) is 0 Å². The Morgan fingerprint density at radius 3 is 1.98 bits per heavy atom. The van der Waals surface area contributed by atoms with Crippen LogP contribution in [0.15, 0.2) is 71.6 Å². The second kappa shape index (κ2) is 16.1. The average Bonchev–Trinajstić information content (AvgIpc) is 3.04. The molecule has 0 spiro atoms. The van der Waals surface area contributed by atoms with Crippen LogP contribution in [0.5, 0.6) is 23.0 Å². The topological polar surface area (TPSA) is 64.6 Å². The van der Waals surface area contributed by atoms with E-state index in [9.17, 15) is 0 Å². The Morgan fingerprint density at radius 2 is 1.35 bits per heavy atom. The van der Waals surface area contributed by atoms with Gasteiger partial charge < -0.3 is 32.8 Å². The van der Waals surface area contributed by atoms with E-state index in [4.69, 9.17) is 32.8 Å². The van der Waals surface area contributed by atoms with Crippen LogP contribution in [0.4, 0.5) is 0 Å². The molecular formula is C37H48O7SSi. The summed E-state index contributed by atoms with van der Waals surface area (Å²) in [6.07, 6.45) is 0. The molecule has 3 aromatic rings. The number of hydrogen-bond donors (Lipinski definition) is 0. The van der Waals surface area contributed by atoms with Crippen molar-refractivity contribution in [2.45, 2.75) is 62.1 Å². The van der Waals surface area contributed by atoms with E-state index in [-0.39, 0.29) is 36.6 Å². The molecule has 4 rings (SSSR count). The van der Waals surface area contributed by atoms with Gasteiger partial charge in [-0.1, -0.05) is 57.7 Å². The van der Waals surface area contributed by atoms with Crippen molar-refractivity contribution in [3.8, 4) is 34.8 Å². The second-order valence-electron chi connectivity index (χ2n) is 13.0. The molecule has 0 saturated heterocycles. The fourth-order valence-electron chi connectivity index (χ4n) is 4.86. The Morgan fingerprint density at radius 1 is 0.783 bits per heavy atom. The van der Waals surface area contributed by atoms with Crippen LogP contribution >= 0.6 is 11.8 Å². The number of ether oxygens (including phenoxy) is 6. The van der Waals surface area contributed by atoms with E-state index < -0.39 is 8.32 Å². The zero-order valence-electron chi connectivity index (χ0n) is 28.4. The SMILES string of the molecule is COCOc1ccc(C2(C)CSc3cc(OCOC)ccc3C2C#CCOc2ccc(OCCO[Si](C)(C)C(C)(C)C)cc2)cc1. The van der Waals surface area contributed by atoms with Crippen LogP contribution in [0, 0.1) is 11.8 Å². The number of thioether (sulfide) groups is 1. The van der Waals surface area contributed by atoms with Crippen LogP contribution < -0.4 is 18.9 Å². The van der Waals surface area contributed by atoms with Crippen LogP contribution in [-0.2, 0) is 19.3 Å². The maximum Gasteiger partial charge on any atom is 0.192 e. The molecule has 1 aliphatic rings. The first-order chi connectivity index (χ1) is 22.0. The van der Waals surface area contributed by atoms with E-state index >= 15 is 0 Å². The lowest BCUT2D eigenvalue weighted by Crippen LogP contribution is -2.41. The first kappa shape index (κ1) is 35.7. The number of methoxy groups -OCH3 is 2. The normalized spacial score (nSPS) is 17.8. The number of rotatable bonds is 14. The van der Waals surface area contributed by atoms with Crippen molar-refractivity contribution in [1.29, 1.82) is 0 Å². The lowest BCUT2D eigenvalue weighted by Gasteiger charge is -2.40. The van der Waals surface area contributed by atoms with Gasteiger partial charge >= 0.3 is 0 Å². The molecule has 0 aliphatic carbocycles. The molecule has 0 fully saturated rings. The molecule has 248 valence electrons. The van der Waals surface area contributed by atoms with Crippen LogP contribution in [0.3, 0.4) is 0 Å². The third-order valence-corrected chi connectivity index (χ3v) is 14.6. The Balaban J connectivity index is 1.43. The molecule has 9 heteroatoms. The maximum absolute atomic E-state index is 6.21. The Bertz CT molecular complexity index is 1460. The lowest BCUT2D eigenvalue weighted by molar-refractivity contribution is 0.0508. The summed E-state index contributed by atoms with van der Waals surface area (Å²) in [5.41, 5.74) is 2.13. The minimum absolute atomic E-state index is 0.0566. The van der Waals surface area contributed by atoms with Gasteiger partial charge in [0.05, 0.1) is 12.5 Å². The molecule has 7 nitrogen and oxygen atoms in total. The van der Waals surface area contributed by atoms with Crippen LogP contribution in [-0.4, -0.2) is 61.7 Å². The van der Waals surface area contributed by atoms with Crippen molar-refractivity contribution in [3.63, 3.8) is 0 Å². The monoisotopic (exact) mass is 664 g/mol. The van der Waals surface area contributed by atoms with Crippen molar-refractivity contribution in [3.05, 3.63) is 77.9 Å². The molecule has 1 heterocycles. The quantitative estimate of drug-likeness (QED) is 0.0739. The van der Waals surface area contributed by atoms with E-state index in [0.29, 0.717) is 13.2 Å². The molecule has 1 aliphatic heterocycles. The molecule has 0 amide bonds. The zero-order chi connectivity index (χ0) is 33.2. The van der Waals surface area contributed by atoms with E-state index in [1.54, 1.807) is 14.2 Å². The van der Waals surface area contributed by atoms with Gasteiger partial charge in [-0.05, 0) is 77.8 Å². The molecular weight excluding hydrogens is 617 g/mol. The second-order valence-corrected chi connectivity index (χ2v) is 18.8. The Kier molecular flexibility index (Phi) is 12.5. The molecule has 0 aromatic heterocycles. The summed E-state index contributed by atoms with van der Waals surface area (Å²) < 4.78 is 39.6. The summed E-state index contributed by atoms with van der Waals surface area (Å²) in [6, 6.07) is 22.1. The van der Waals surface area contributed by atoms with Gasteiger partial charge in [-0.2, -0.15) is 0 Å². The van der Waals surface area contributed by atoms with Crippen molar-refractivity contribution >= 4 is 20.1 Å². The number of benzene rings is 3. The summed E-state index contributed by atoms with van der Waals surface area (Å²) in [5, 5.41) is 0.181. The summed E-state index contributed by atoms with van der Waals surface area (Å²) in [4.78, 5) is 1.16. The first-order valence-corrected chi connectivity index (χ1v) is 19.4. The zero-order valence-corrected chi connectivity index (χ0v) is 30.3. The average molecular weight is 665 g/mol. The van der Waals surface area contributed by atoms with Crippen molar-refractivity contribution in [2.24, 2.45) is 0 Å². The predicted molar refractivity (Wildman–Crippen MR) is 187 cm³/mol. The summed E-state index contributed by atoms with van der Waals surface area (Å²) in [6.45, 7) is 15.3. The molecule has 2 unspecified atom stereocenters. The van der Waals surface area contributed by atoms with E-state index in [1.165, 1.54) is 11.1 Å². The van der Waals surface area contributed by atoms with Gasteiger partial charge in [-0.25, -0.2) is 0 Å². The van der Waals surface area contributed by atoms with Gasteiger partial charge in [0.2, 0.25) is 0 Å². The maximum atomic E-state index is 6.21. The third kappa shape index (κ3) is 9.23. The van der Waals surface area contributed by atoms with Crippen molar-refractivity contribution in [2.75, 3.05) is 53.4 Å². The minimum atomic E-state index is -1.78. The van der Waals surface area contributed by atoms with E-state index in [2.05, 4.69) is 76.9 Å². The summed E-state index contributed by atoms with van der Waals surface area (Å²) in [5.74, 6) is 10.8. The van der Waals surface area contributed by atoms with Gasteiger partial charge in [0.15, 0.2) is 21.9 Å². The van der Waals surface area contributed by atoms with Crippen molar-refractivity contribution in [1.82, 2.24) is 0 Å². The van der Waals surface area contributed by atoms with Gasteiger partial charge in [0, 0.05) is 30.3 Å². The highest BCUT2D eigenvalue weighted by Gasteiger charge is 2.41. The van der Waals surface area contributed by atoms with Crippen LogP contribution in [0.25, 0.3) is 0 Å².